The summed E-state index contributed by atoms with van der Waals surface area (Å²) in [5.41, 5.74) is 7.08. The number of amides is 1. The highest BCUT2D eigenvalue weighted by Gasteiger charge is 2.35. The zero-order chi connectivity index (χ0) is 30.5. The van der Waals surface area contributed by atoms with Crippen molar-refractivity contribution in [1.29, 1.82) is 0 Å². The van der Waals surface area contributed by atoms with Crippen LogP contribution in [0.4, 0.5) is 10.5 Å². The number of rotatable bonds is 16. The van der Waals surface area contributed by atoms with Crippen LogP contribution in [-0.2, 0) is 40.2 Å². The van der Waals surface area contributed by atoms with E-state index in [1.165, 1.54) is 28.6 Å². The highest BCUT2D eigenvalue weighted by atomic mass is 32.2. The number of nitrogens with one attached hydrogen (secondary N) is 1. The normalized spacial score (nSPS) is 16.7. The fraction of sp³-hybridized carbons (Fsp3) is 0.533. The first-order chi connectivity index (χ1) is 20.1. The molecule has 1 fully saturated rings. The van der Waals surface area contributed by atoms with E-state index in [9.17, 15) is 18.0 Å². The number of carbonyl (C=O) groups excluding carboxylic acids is 2. The molecule has 11 nitrogen and oxygen atoms in total. The summed E-state index contributed by atoms with van der Waals surface area (Å²) in [6.45, 7) is 6.50. The van der Waals surface area contributed by atoms with E-state index in [4.69, 9.17) is 24.7 Å². The van der Waals surface area contributed by atoms with E-state index in [0.717, 1.165) is 5.56 Å². The van der Waals surface area contributed by atoms with Crippen molar-refractivity contribution in [3.05, 3.63) is 60.2 Å². The summed E-state index contributed by atoms with van der Waals surface area (Å²) in [6.07, 6.45) is -0.625. The number of nitrogens with zero attached hydrogens (tertiary/aromatic N) is 1. The van der Waals surface area contributed by atoms with Crippen LogP contribution in [0, 0.1) is 5.92 Å². The highest BCUT2D eigenvalue weighted by molar-refractivity contribution is 7.89. The lowest BCUT2D eigenvalue weighted by atomic mass is 10.0. The first-order valence-electron chi connectivity index (χ1n) is 14.3. The monoisotopic (exact) mass is 605 g/mol. The van der Waals surface area contributed by atoms with Gasteiger partial charge in [0, 0.05) is 25.3 Å². The molecule has 2 aromatic rings. The second-order valence-electron chi connectivity index (χ2n) is 10.7. The molecule has 0 radical (unpaired) electrons. The molecule has 0 bridgehead atoms. The largest absolute Gasteiger partial charge is 0.457 e. The van der Waals surface area contributed by atoms with Crippen molar-refractivity contribution in [2.24, 2.45) is 5.92 Å². The maximum atomic E-state index is 13.8. The molecule has 1 saturated heterocycles. The standard InChI is InChI=1S/C30H43N3O8S/c1-4-15-38-21-29(34)41-28(19-33(18-22(2)3)42(36,37)26-12-10-24(31)11-13-26)27(17-23-8-6-5-7-9-23)32-30(35)40-25-14-16-39-20-25/h5-13,22,25,27-28H,4,14-21,31H2,1-3H3,(H,32,35). The summed E-state index contributed by atoms with van der Waals surface area (Å²) in [5, 5.41) is 2.85. The zero-order valence-electron chi connectivity index (χ0n) is 24.6. The van der Waals surface area contributed by atoms with Crippen molar-refractivity contribution in [3.63, 3.8) is 0 Å². The van der Waals surface area contributed by atoms with E-state index < -0.39 is 40.3 Å². The minimum absolute atomic E-state index is 0.0503. The van der Waals surface area contributed by atoms with E-state index in [0.29, 0.717) is 38.3 Å². The van der Waals surface area contributed by atoms with E-state index in [2.05, 4.69) is 5.32 Å². The van der Waals surface area contributed by atoms with Crippen molar-refractivity contribution in [1.82, 2.24) is 9.62 Å². The molecule has 0 aromatic heterocycles. The number of hydrogen-bond acceptors (Lipinski definition) is 9. The van der Waals surface area contributed by atoms with E-state index in [1.54, 1.807) is 0 Å². The number of esters is 1. The Morgan fingerprint density at radius 1 is 1.10 bits per heavy atom. The first kappa shape index (κ1) is 33.3. The number of ether oxygens (including phenoxy) is 4. The Labute approximate surface area is 248 Å². The van der Waals surface area contributed by atoms with Gasteiger partial charge in [0.1, 0.15) is 18.8 Å². The SMILES string of the molecule is CCCOCC(=O)OC(CN(CC(C)C)S(=O)(=O)c1ccc(N)cc1)C(Cc1ccccc1)NC(=O)OC1CCOC1. The smallest absolute Gasteiger partial charge is 0.407 e. The summed E-state index contributed by atoms with van der Waals surface area (Å²) in [6, 6.07) is 14.4. The number of alkyl carbamates (subject to hydrolysis) is 1. The van der Waals surface area contributed by atoms with Crippen molar-refractivity contribution < 1.29 is 37.0 Å². The van der Waals surface area contributed by atoms with Crippen LogP contribution in [0.5, 0.6) is 0 Å². The highest BCUT2D eigenvalue weighted by Crippen LogP contribution is 2.22. The topological polar surface area (TPSA) is 146 Å². The van der Waals surface area contributed by atoms with Crippen LogP contribution < -0.4 is 11.1 Å². The summed E-state index contributed by atoms with van der Waals surface area (Å²) >= 11 is 0. The lowest BCUT2D eigenvalue weighted by Gasteiger charge is -2.33. The van der Waals surface area contributed by atoms with Gasteiger partial charge in [0.15, 0.2) is 0 Å². The Hall–Kier alpha value is -3.19. The molecule has 42 heavy (non-hydrogen) atoms. The van der Waals surface area contributed by atoms with Crippen LogP contribution in [0.25, 0.3) is 0 Å². The van der Waals surface area contributed by atoms with Gasteiger partial charge in [-0.15, -0.1) is 0 Å². The second kappa shape index (κ2) is 16.4. The van der Waals surface area contributed by atoms with Crippen LogP contribution in [0.1, 0.15) is 39.2 Å². The fourth-order valence-electron chi connectivity index (χ4n) is 4.50. The summed E-state index contributed by atoms with van der Waals surface area (Å²) < 4.78 is 51.1. The molecule has 0 spiro atoms. The van der Waals surface area contributed by atoms with Gasteiger partial charge in [-0.1, -0.05) is 51.1 Å². The van der Waals surface area contributed by atoms with E-state index in [1.807, 2.05) is 51.1 Å². The number of benzene rings is 2. The van der Waals surface area contributed by atoms with Gasteiger partial charge in [-0.25, -0.2) is 18.0 Å². The van der Waals surface area contributed by atoms with Crippen molar-refractivity contribution in [2.45, 2.75) is 63.2 Å². The molecule has 1 heterocycles. The molecule has 12 heteroatoms. The van der Waals surface area contributed by atoms with Gasteiger partial charge in [-0.05, 0) is 48.6 Å². The van der Waals surface area contributed by atoms with Crippen molar-refractivity contribution >= 4 is 27.8 Å². The Kier molecular flexibility index (Phi) is 13.0. The minimum atomic E-state index is -4.02. The molecular weight excluding hydrogens is 562 g/mol. The molecule has 1 aliphatic rings. The molecule has 232 valence electrons. The molecule has 2 aromatic carbocycles. The first-order valence-corrected chi connectivity index (χ1v) is 15.7. The van der Waals surface area contributed by atoms with E-state index in [-0.39, 0.29) is 36.9 Å². The Balaban J connectivity index is 1.95. The van der Waals surface area contributed by atoms with Gasteiger partial charge in [-0.2, -0.15) is 4.31 Å². The van der Waals surface area contributed by atoms with Gasteiger partial charge in [0.2, 0.25) is 10.0 Å². The Morgan fingerprint density at radius 2 is 1.81 bits per heavy atom. The molecular formula is C30H43N3O8S. The zero-order valence-corrected chi connectivity index (χ0v) is 25.4. The minimum Gasteiger partial charge on any atom is -0.457 e. The average molecular weight is 606 g/mol. The fourth-order valence-corrected chi connectivity index (χ4v) is 6.12. The van der Waals surface area contributed by atoms with Gasteiger partial charge >= 0.3 is 12.1 Å². The third kappa shape index (κ3) is 10.6. The van der Waals surface area contributed by atoms with Crippen LogP contribution in [0.3, 0.4) is 0 Å². The van der Waals surface area contributed by atoms with Crippen LogP contribution >= 0.6 is 0 Å². The molecule has 3 unspecified atom stereocenters. The van der Waals surface area contributed by atoms with Crippen LogP contribution in [-0.4, -0.2) is 82.6 Å². The van der Waals surface area contributed by atoms with E-state index >= 15 is 0 Å². The molecule has 0 aliphatic carbocycles. The molecule has 1 amide bonds. The predicted octanol–water partition coefficient (Wildman–Crippen LogP) is 3.38. The maximum absolute atomic E-state index is 13.8. The number of carbonyl (C=O) groups is 2. The molecule has 0 saturated carbocycles. The van der Waals surface area contributed by atoms with Gasteiger partial charge in [0.25, 0.3) is 0 Å². The summed E-state index contributed by atoms with van der Waals surface area (Å²) in [5.74, 6) is -0.717. The Bertz CT molecular complexity index is 1220. The summed E-state index contributed by atoms with van der Waals surface area (Å²) in [4.78, 5) is 26.0. The maximum Gasteiger partial charge on any atom is 0.407 e. The quantitative estimate of drug-likeness (QED) is 0.167. The van der Waals surface area contributed by atoms with Gasteiger partial charge < -0.3 is 30.0 Å². The molecule has 1 aliphatic heterocycles. The number of nitrogen functional groups attached to an aromatic ring is 1. The van der Waals surface area contributed by atoms with Crippen LogP contribution in [0.15, 0.2) is 59.5 Å². The third-order valence-electron chi connectivity index (χ3n) is 6.53. The molecule has 3 N–H and O–H groups in total. The average Bonchev–Trinajstić information content (AvgIpc) is 3.45. The number of anilines is 1. The molecule has 3 atom stereocenters. The van der Waals surface area contributed by atoms with Crippen molar-refractivity contribution in [3.8, 4) is 0 Å². The second-order valence-corrected chi connectivity index (χ2v) is 12.6. The van der Waals surface area contributed by atoms with Crippen molar-refractivity contribution in [2.75, 3.05) is 45.3 Å². The number of nitrogens with two attached hydrogens (primary N) is 1. The summed E-state index contributed by atoms with van der Waals surface area (Å²) in [7, 11) is -4.02. The predicted molar refractivity (Wildman–Crippen MR) is 158 cm³/mol. The number of hydrogen-bond donors (Lipinski definition) is 2. The number of sulfonamides is 1. The third-order valence-corrected chi connectivity index (χ3v) is 8.38. The van der Waals surface area contributed by atoms with Gasteiger partial charge in [-0.3, -0.25) is 0 Å². The lowest BCUT2D eigenvalue weighted by molar-refractivity contribution is -0.156. The van der Waals surface area contributed by atoms with Gasteiger partial charge in [0.05, 0.1) is 30.7 Å². The molecule has 3 rings (SSSR count). The van der Waals surface area contributed by atoms with Crippen LogP contribution in [0.2, 0.25) is 0 Å². The Morgan fingerprint density at radius 3 is 2.43 bits per heavy atom. The lowest BCUT2D eigenvalue weighted by Crippen LogP contribution is -2.53.